The van der Waals surface area contributed by atoms with Crippen LogP contribution in [0.1, 0.15) is 62.8 Å². The zero-order valence-electron chi connectivity index (χ0n) is 21.2. The number of benzene rings is 1. The molecule has 1 aromatic heterocycles. The van der Waals surface area contributed by atoms with Crippen LogP contribution >= 0.6 is 0 Å². The standard InChI is InChI=1S/C28H42N4O2/c1-30-16-9-22(10-17-30)23-20-28(32-14-4-3-5-15-32)29-25-21-27(26(33-2)19-24(23)25)34-18-8-13-31-11-6-7-12-31/h19-22H,3-18H2,1-2H3. The van der Waals surface area contributed by atoms with E-state index in [0.29, 0.717) is 12.5 Å². The fraction of sp³-hybridized carbons (Fsp3) is 0.679. The van der Waals surface area contributed by atoms with Crippen molar-refractivity contribution in [1.82, 2.24) is 14.8 Å². The molecule has 0 radical (unpaired) electrons. The maximum absolute atomic E-state index is 6.27. The molecule has 0 amide bonds. The van der Waals surface area contributed by atoms with Gasteiger partial charge in [0.2, 0.25) is 0 Å². The summed E-state index contributed by atoms with van der Waals surface area (Å²) in [6.07, 6.45) is 9.97. The van der Waals surface area contributed by atoms with Crippen molar-refractivity contribution in [2.45, 2.75) is 57.3 Å². The second kappa shape index (κ2) is 11.1. The van der Waals surface area contributed by atoms with Gasteiger partial charge in [0.1, 0.15) is 5.82 Å². The van der Waals surface area contributed by atoms with Gasteiger partial charge in [-0.2, -0.15) is 0 Å². The smallest absolute Gasteiger partial charge is 0.163 e. The van der Waals surface area contributed by atoms with Crippen LogP contribution in [0.2, 0.25) is 0 Å². The van der Waals surface area contributed by atoms with E-state index < -0.39 is 0 Å². The highest BCUT2D eigenvalue weighted by molar-refractivity contribution is 5.88. The van der Waals surface area contributed by atoms with Crippen LogP contribution in [0.5, 0.6) is 11.5 Å². The molecule has 4 heterocycles. The molecule has 0 aliphatic carbocycles. The summed E-state index contributed by atoms with van der Waals surface area (Å²) < 4.78 is 12.1. The topological polar surface area (TPSA) is 41.1 Å². The van der Waals surface area contributed by atoms with Gasteiger partial charge < -0.3 is 24.2 Å². The van der Waals surface area contributed by atoms with Gasteiger partial charge >= 0.3 is 0 Å². The molecule has 1 aromatic carbocycles. The normalized spacial score (nSPS) is 20.8. The Balaban J connectivity index is 1.43. The van der Waals surface area contributed by atoms with Gasteiger partial charge in [-0.1, -0.05) is 0 Å². The van der Waals surface area contributed by atoms with Crippen LogP contribution in [0, 0.1) is 0 Å². The fourth-order valence-corrected chi connectivity index (χ4v) is 5.94. The number of nitrogens with zero attached hydrogens (tertiary/aromatic N) is 4. The highest BCUT2D eigenvalue weighted by Gasteiger charge is 2.24. The number of hydrogen-bond acceptors (Lipinski definition) is 6. The first-order valence-corrected chi connectivity index (χ1v) is 13.5. The molecule has 0 bridgehead atoms. The van der Waals surface area contributed by atoms with Gasteiger partial charge in [-0.25, -0.2) is 4.98 Å². The van der Waals surface area contributed by atoms with E-state index in [1.54, 1.807) is 7.11 Å². The first-order valence-electron chi connectivity index (χ1n) is 13.5. The first kappa shape index (κ1) is 23.7. The minimum atomic E-state index is 0.571. The zero-order valence-corrected chi connectivity index (χ0v) is 21.2. The number of methoxy groups -OCH3 is 1. The summed E-state index contributed by atoms with van der Waals surface area (Å²) in [6, 6.07) is 6.71. The van der Waals surface area contributed by atoms with E-state index in [4.69, 9.17) is 14.5 Å². The van der Waals surface area contributed by atoms with Crippen molar-refractivity contribution in [2.24, 2.45) is 0 Å². The van der Waals surface area contributed by atoms with Gasteiger partial charge in [0, 0.05) is 31.1 Å². The van der Waals surface area contributed by atoms with Gasteiger partial charge in [-0.15, -0.1) is 0 Å². The lowest BCUT2D eigenvalue weighted by Gasteiger charge is -2.32. The lowest BCUT2D eigenvalue weighted by atomic mass is 9.87. The third kappa shape index (κ3) is 5.44. The molecular weight excluding hydrogens is 424 g/mol. The zero-order chi connectivity index (χ0) is 23.3. The van der Waals surface area contributed by atoms with Crippen molar-refractivity contribution in [3.05, 3.63) is 23.8 Å². The van der Waals surface area contributed by atoms with Crippen molar-refractivity contribution < 1.29 is 9.47 Å². The summed E-state index contributed by atoms with van der Waals surface area (Å²) in [6.45, 7) is 8.85. The van der Waals surface area contributed by atoms with Crippen molar-refractivity contribution in [3.63, 3.8) is 0 Å². The summed E-state index contributed by atoms with van der Waals surface area (Å²) in [5, 5.41) is 1.23. The summed E-state index contributed by atoms with van der Waals surface area (Å²) in [5.41, 5.74) is 2.49. The molecule has 3 fully saturated rings. The van der Waals surface area contributed by atoms with E-state index >= 15 is 0 Å². The fourth-order valence-electron chi connectivity index (χ4n) is 5.94. The van der Waals surface area contributed by atoms with Crippen LogP contribution in [-0.2, 0) is 0 Å². The van der Waals surface area contributed by atoms with Crippen LogP contribution in [0.15, 0.2) is 18.2 Å². The number of fused-ring (bicyclic) bond motifs is 1. The van der Waals surface area contributed by atoms with Crippen molar-refractivity contribution >= 4 is 16.7 Å². The maximum atomic E-state index is 6.27. The van der Waals surface area contributed by atoms with Crippen LogP contribution in [0.4, 0.5) is 5.82 Å². The molecule has 3 aliphatic rings. The second-order valence-corrected chi connectivity index (χ2v) is 10.5. The molecule has 0 spiro atoms. The number of likely N-dealkylation sites (tertiary alicyclic amines) is 2. The lowest BCUT2D eigenvalue weighted by Crippen LogP contribution is -2.31. The molecule has 0 atom stereocenters. The number of piperidine rings is 2. The summed E-state index contributed by atoms with van der Waals surface area (Å²) >= 11 is 0. The molecule has 0 N–H and O–H groups in total. The Hall–Kier alpha value is -2.05. The molecule has 0 unspecified atom stereocenters. The van der Waals surface area contributed by atoms with Gasteiger partial charge in [0.15, 0.2) is 11.5 Å². The molecule has 3 saturated heterocycles. The number of aromatic nitrogens is 1. The van der Waals surface area contributed by atoms with Gasteiger partial charge in [-0.3, -0.25) is 0 Å². The van der Waals surface area contributed by atoms with Crippen LogP contribution in [0.3, 0.4) is 0 Å². The SMILES string of the molecule is COc1cc2c(C3CCN(C)CC3)cc(N3CCCCC3)nc2cc1OCCCN1CCCC1. The molecule has 5 rings (SSSR count). The number of anilines is 1. The Morgan fingerprint density at radius 3 is 2.35 bits per heavy atom. The quantitative estimate of drug-likeness (QED) is 0.515. The Kier molecular flexibility index (Phi) is 7.75. The van der Waals surface area contributed by atoms with Gasteiger partial charge in [0.05, 0.1) is 19.2 Å². The summed E-state index contributed by atoms with van der Waals surface area (Å²) in [7, 11) is 3.99. The molecule has 3 aliphatic heterocycles. The van der Waals surface area contributed by atoms with E-state index in [1.807, 2.05) is 0 Å². The number of rotatable bonds is 8. The van der Waals surface area contributed by atoms with Gasteiger partial charge in [-0.05, 0) is 108 Å². The molecule has 6 nitrogen and oxygen atoms in total. The predicted octanol–water partition coefficient (Wildman–Crippen LogP) is 4.91. The Bertz CT molecular complexity index is 945. The lowest BCUT2D eigenvalue weighted by molar-refractivity contribution is 0.254. The second-order valence-electron chi connectivity index (χ2n) is 10.5. The van der Waals surface area contributed by atoms with Crippen LogP contribution in [-0.4, -0.2) is 81.4 Å². The molecule has 34 heavy (non-hydrogen) atoms. The number of pyridine rings is 1. The van der Waals surface area contributed by atoms with E-state index in [2.05, 4.69) is 39.9 Å². The number of ether oxygens (including phenoxy) is 2. The van der Waals surface area contributed by atoms with Crippen molar-refractivity contribution in [1.29, 1.82) is 0 Å². The molecule has 2 aromatic rings. The third-order valence-electron chi connectivity index (χ3n) is 8.03. The number of hydrogen-bond donors (Lipinski definition) is 0. The van der Waals surface area contributed by atoms with Crippen molar-refractivity contribution in [3.8, 4) is 11.5 Å². The Labute approximate surface area is 205 Å². The van der Waals surface area contributed by atoms with E-state index in [9.17, 15) is 0 Å². The monoisotopic (exact) mass is 466 g/mol. The highest BCUT2D eigenvalue weighted by Crippen LogP contribution is 2.40. The largest absolute Gasteiger partial charge is 0.493 e. The van der Waals surface area contributed by atoms with E-state index in [-0.39, 0.29) is 0 Å². The highest BCUT2D eigenvalue weighted by atomic mass is 16.5. The van der Waals surface area contributed by atoms with E-state index in [0.717, 1.165) is 62.0 Å². The molecular formula is C28H42N4O2. The summed E-state index contributed by atoms with van der Waals surface area (Å²) in [5.74, 6) is 3.37. The Morgan fingerprint density at radius 1 is 0.882 bits per heavy atom. The third-order valence-corrected chi connectivity index (χ3v) is 8.03. The maximum Gasteiger partial charge on any atom is 0.163 e. The van der Waals surface area contributed by atoms with E-state index in [1.165, 1.54) is 69.0 Å². The van der Waals surface area contributed by atoms with Crippen LogP contribution < -0.4 is 14.4 Å². The predicted molar refractivity (Wildman–Crippen MR) is 140 cm³/mol. The minimum Gasteiger partial charge on any atom is -0.493 e. The minimum absolute atomic E-state index is 0.571. The van der Waals surface area contributed by atoms with Crippen LogP contribution in [0.25, 0.3) is 10.9 Å². The molecule has 186 valence electrons. The average molecular weight is 467 g/mol. The molecule has 0 saturated carbocycles. The Morgan fingerprint density at radius 2 is 1.62 bits per heavy atom. The van der Waals surface area contributed by atoms with Gasteiger partial charge in [0.25, 0.3) is 0 Å². The average Bonchev–Trinajstić information content (AvgIpc) is 3.40. The van der Waals surface area contributed by atoms with Crippen molar-refractivity contribution in [2.75, 3.05) is 71.5 Å². The molecule has 6 heteroatoms. The summed E-state index contributed by atoms with van der Waals surface area (Å²) in [4.78, 5) is 12.6. The first-order chi connectivity index (χ1) is 16.7.